The van der Waals surface area contributed by atoms with Crippen LogP contribution in [0.25, 0.3) is 0 Å². The summed E-state index contributed by atoms with van der Waals surface area (Å²) in [6.07, 6.45) is 0.196. The summed E-state index contributed by atoms with van der Waals surface area (Å²) < 4.78 is 13.1. The molecule has 0 aromatic heterocycles. The van der Waals surface area contributed by atoms with Gasteiger partial charge in [0.25, 0.3) is 5.91 Å². The van der Waals surface area contributed by atoms with E-state index in [9.17, 15) is 9.18 Å². The fourth-order valence-corrected chi connectivity index (χ4v) is 2.26. The lowest BCUT2D eigenvalue weighted by atomic mass is 10.00. The number of likely N-dealkylation sites (tertiary alicyclic amines) is 1. The normalized spacial score (nSPS) is 17.2. The molecule has 2 rings (SSSR count). The molecule has 98 valence electrons. The third-order valence-electron chi connectivity index (χ3n) is 3.51. The highest BCUT2D eigenvalue weighted by atomic mass is 19.1. The molecule has 2 nitrogen and oxygen atoms in total. The van der Waals surface area contributed by atoms with Gasteiger partial charge in [0.15, 0.2) is 0 Å². The summed E-state index contributed by atoms with van der Waals surface area (Å²) >= 11 is 0. The minimum absolute atomic E-state index is 0.0319. The van der Waals surface area contributed by atoms with Crippen molar-refractivity contribution in [2.24, 2.45) is 0 Å². The Balaban J connectivity index is 2.11. The van der Waals surface area contributed by atoms with Gasteiger partial charge in [-0.3, -0.25) is 4.79 Å². The predicted octanol–water partition coefficient (Wildman–Crippen LogP) is 3.38. The van der Waals surface area contributed by atoms with E-state index in [2.05, 4.69) is 13.8 Å². The molecule has 0 bridgehead atoms. The molecule has 1 amide bonds. The summed E-state index contributed by atoms with van der Waals surface area (Å²) in [6, 6.07) is 7.75. The number of hydrogen-bond donors (Lipinski definition) is 0. The highest BCUT2D eigenvalue weighted by Crippen LogP contribution is 2.19. The molecule has 0 atom stereocenters. The van der Waals surface area contributed by atoms with Gasteiger partial charge >= 0.3 is 0 Å². The van der Waals surface area contributed by atoms with Gasteiger partial charge in [-0.2, -0.15) is 0 Å². The number of carbonyl (C=O) groups excluding carboxylic acids is 1. The third-order valence-corrected chi connectivity index (χ3v) is 3.51. The standard InChI is InChI=1S/C15H20FNO/c1-11(2)12-4-3-5-13(10-12)15(18)17-8-6-14(16)7-9-17/h3-5,10-11,14H,6-9H2,1-2H3. The molecule has 1 heterocycles. The quantitative estimate of drug-likeness (QED) is 0.786. The number of benzene rings is 1. The SMILES string of the molecule is CC(C)c1cccc(C(=O)N2CCC(F)CC2)c1. The zero-order valence-electron chi connectivity index (χ0n) is 11.0. The first-order valence-electron chi connectivity index (χ1n) is 6.61. The van der Waals surface area contributed by atoms with Crippen molar-refractivity contribution >= 4 is 5.91 Å². The second kappa shape index (κ2) is 5.51. The van der Waals surface area contributed by atoms with E-state index >= 15 is 0 Å². The largest absolute Gasteiger partial charge is 0.338 e. The van der Waals surface area contributed by atoms with E-state index in [4.69, 9.17) is 0 Å². The lowest BCUT2D eigenvalue weighted by Crippen LogP contribution is -2.39. The van der Waals surface area contributed by atoms with E-state index in [1.807, 2.05) is 24.3 Å². The first-order valence-corrected chi connectivity index (χ1v) is 6.61. The van der Waals surface area contributed by atoms with Crippen LogP contribution >= 0.6 is 0 Å². The van der Waals surface area contributed by atoms with E-state index in [-0.39, 0.29) is 5.91 Å². The monoisotopic (exact) mass is 249 g/mol. The summed E-state index contributed by atoms with van der Waals surface area (Å²) in [5.41, 5.74) is 1.89. The average Bonchev–Trinajstić information content (AvgIpc) is 2.39. The number of nitrogens with zero attached hydrogens (tertiary/aromatic N) is 1. The molecule has 18 heavy (non-hydrogen) atoms. The van der Waals surface area contributed by atoms with E-state index in [1.54, 1.807) is 4.90 Å². The molecule has 1 fully saturated rings. The summed E-state index contributed by atoms with van der Waals surface area (Å²) in [6.45, 7) is 5.29. The van der Waals surface area contributed by atoms with Crippen molar-refractivity contribution in [1.29, 1.82) is 0 Å². The van der Waals surface area contributed by atoms with Crippen molar-refractivity contribution in [3.8, 4) is 0 Å². The number of carbonyl (C=O) groups is 1. The van der Waals surface area contributed by atoms with Crippen LogP contribution in [0.2, 0.25) is 0 Å². The van der Waals surface area contributed by atoms with E-state index in [0.717, 1.165) is 5.56 Å². The number of piperidine rings is 1. The first-order chi connectivity index (χ1) is 8.58. The van der Waals surface area contributed by atoms with Crippen molar-refractivity contribution in [3.63, 3.8) is 0 Å². The highest BCUT2D eigenvalue weighted by molar-refractivity contribution is 5.94. The molecular formula is C15H20FNO. The summed E-state index contributed by atoms with van der Waals surface area (Å²) in [5, 5.41) is 0. The molecule has 0 saturated carbocycles. The van der Waals surface area contributed by atoms with E-state index in [0.29, 0.717) is 31.8 Å². The van der Waals surface area contributed by atoms with Crippen molar-refractivity contribution in [2.45, 2.75) is 38.8 Å². The maximum absolute atomic E-state index is 13.1. The number of halogens is 1. The maximum Gasteiger partial charge on any atom is 0.253 e. The van der Waals surface area contributed by atoms with Crippen LogP contribution in [0, 0.1) is 0 Å². The molecule has 0 N–H and O–H groups in total. The number of hydrogen-bond acceptors (Lipinski definition) is 1. The smallest absolute Gasteiger partial charge is 0.253 e. The van der Waals surface area contributed by atoms with Gasteiger partial charge in [0.2, 0.25) is 0 Å². The zero-order chi connectivity index (χ0) is 13.1. The molecule has 3 heteroatoms. The molecule has 0 aliphatic carbocycles. The van der Waals surface area contributed by atoms with Crippen LogP contribution in [0.1, 0.15) is 48.5 Å². The maximum atomic E-state index is 13.1. The fraction of sp³-hybridized carbons (Fsp3) is 0.533. The predicted molar refractivity (Wildman–Crippen MR) is 70.6 cm³/mol. The van der Waals surface area contributed by atoms with Gasteiger partial charge in [-0.05, 0) is 36.5 Å². The van der Waals surface area contributed by atoms with Crippen LogP contribution in [-0.2, 0) is 0 Å². The van der Waals surface area contributed by atoms with Crippen molar-refractivity contribution in [1.82, 2.24) is 4.90 Å². The van der Waals surface area contributed by atoms with Crippen LogP contribution in [0.3, 0.4) is 0 Å². The lowest BCUT2D eigenvalue weighted by Gasteiger charge is -2.28. The Bertz CT molecular complexity index is 422. The summed E-state index contributed by atoms with van der Waals surface area (Å²) in [4.78, 5) is 14.0. The third kappa shape index (κ3) is 2.89. The van der Waals surface area contributed by atoms with E-state index < -0.39 is 6.17 Å². The Morgan fingerprint density at radius 3 is 2.61 bits per heavy atom. The molecule has 1 aliphatic rings. The van der Waals surface area contributed by atoms with Gasteiger partial charge in [-0.15, -0.1) is 0 Å². The minimum Gasteiger partial charge on any atom is -0.338 e. The van der Waals surface area contributed by atoms with Crippen LogP contribution in [0.5, 0.6) is 0 Å². The molecule has 1 saturated heterocycles. The summed E-state index contributed by atoms with van der Waals surface area (Å²) in [5.74, 6) is 0.443. The van der Waals surface area contributed by atoms with Crippen LogP contribution in [-0.4, -0.2) is 30.1 Å². The number of alkyl halides is 1. The zero-order valence-corrected chi connectivity index (χ0v) is 11.0. The molecule has 0 radical (unpaired) electrons. The molecule has 1 aromatic carbocycles. The van der Waals surface area contributed by atoms with Gasteiger partial charge < -0.3 is 4.90 Å². The van der Waals surface area contributed by atoms with Crippen molar-refractivity contribution < 1.29 is 9.18 Å². The molecule has 0 spiro atoms. The van der Waals surface area contributed by atoms with Crippen LogP contribution in [0.4, 0.5) is 4.39 Å². The Morgan fingerprint density at radius 2 is 2.00 bits per heavy atom. The van der Waals surface area contributed by atoms with Gasteiger partial charge in [0.1, 0.15) is 6.17 Å². The van der Waals surface area contributed by atoms with Crippen molar-refractivity contribution in [3.05, 3.63) is 35.4 Å². The van der Waals surface area contributed by atoms with Crippen molar-refractivity contribution in [2.75, 3.05) is 13.1 Å². The number of rotatable bonds is 2. The molecule has 0 unspecified atom stereocenters. The highest BCUT2D eigenvalue weighted by Gasteiger charge is 2.23. The Kier molecular flexibility index (Phi) is 4.00. The Labute approximate surface area is 108 Å². The Hall–Kier alpha value is -1.38. The Morgan fingerprint density at radius 1 is 1.33 bits per heavy atom. The molecule has 1 aliphatic heterocycles. The second-order valence-electron chi connectivity index (χ2n) is 5.25. The van der Waals surface area contributed by atoms with Gasteiger partial charge in [0, 0.05) is 18.7 Å². The lowest BCUT2D eigenvalue weighted by molar-refractivity contribution is 0.0667. The van der Waals surface area contributed by atoms with E-state index in [1.165, 1.54) is 5.56 Å². The molecule has 1 aromatic rings. The molecular weight excluding hydrogens is 229 g/mol. The van der Waals surface area contributed by atoms with Gasteiger partial charge in [-0.1, -0.05) is 26.0 Å². The average molecular weight is 249 g/mol. The van der Waals surface area contributed by atoms with Crippen LogP contribution in [0.15, 0.2) is 24.3 Å². The number of amides is 1. The fourth-order valence-electron chi connectivity index (χ4n) is 2.26. The second-order valence-corrected chi connectivity index (χ2v) is 5.25. The van der Waals surface area contributed by atoms with Gasteiger partial charge in [-0.25, -0.2) is 4.39 Å². The van der Waals surface area contributed by atoms with Crippen LogP contribution < -0.4 is 0 Å². The summed E-state index contributed by atoms with van der Waals surface area (Å²) in [7, 11) is 0. The minimum atomic E-state index is -0.740. The topological polar surface area (TPSA) is 20.3 Å². The van der Waals surface area contributed by atoms with Gasteiger partial charge in [0.05, 0.1) is 0 Å². The first kappa shape index (κ1) is 13.1.